The van der Waals surface area contributed by atoms with Gasteiger partial charge in [0.2, 0.25) is 0 Å². The summed E-state index contributed by atoms with van der Waals surface area (Å²) in [5.41, 5.74) is 6.04. The van der Waals surface area contributed by atoms with Crippen LogP contribution in [-0.2, 0) is 6.42 Å². The standard InChI is InChI=1S/C14H23N3OS/c1-2-10-4-3-5-11(8-10)16-14(18)12-9-19-13(17-12)6-7-15/h9-11H,2-8,15H2,1H3,(H,16,18). The third-order valence-corrected chi connectivity index (χ3v) is 4.75. The Balaban J connectivity index is 1.88. The van der Waals surface area contributed by atoms with Crippen LogP contribution < -0.4 is 11.1 Å². The molecule has 0 aliphatic heterocycles. The van der Waals surface area contributed by atoms with Crippen molar-refractivity contribution < 1.29 is 4.79 Å². The van der Waals surface area contributed by atoms with Crippen molar-refractivity contribution in [2.24, 2.45) is 11.7 Å². The van der Waals surface area contributed by atoms with Gasteiger partial charge in [-0.15, -0.1) is 11.3 Å². The van der Waals surface area contributed by atoms with Crippen LogP contribution in [0, 0.1) is 5.92 Å². The van der Waals surface area contributed by atoms with Crippen molar-refractivity contribution >= 4 is 17.2 Å². The molecule has 0 spiro atoms. The molecule has 1 amide bonds. The topological polar surface area (TPSA) is 68.0 Å². The van der Waals surface area contributed by atoms with Crippen LogP contribution in [0.5, 0.6) is 0 Å². The Morgan fingerprint density at radius 1 is 1.58 bits per heavy atom. The van der Waals surface area contributed by atoms with Crippen molar-refractivity contribution in [3.05, 3.63) is 16.1 Å². The number of nitrogens with one attached hydrogen (secondary N) is 1. The average molecular weight is 281 g/mol. The van der Waals surface area contributed by atoms with E-state index in [2.05, 4.69) is 17.2 Å². The molecule has 1 aliphatic carbocycles. The molecule has 0 radical (unpaired) electrons. The normalized spacial score (nSPS) is 23.3. The van der Waals surface area contributed by atoms with E-state index in [4.69, 9.17) is 5.73 Å². The van der Waals surface area contributed by atoms with Crippen LogP contribution in [0.15, 0.2) is 5.38 Å². The smallest absolute Gasteiger partial charge is 0.270 e. The van der Waals surface area contributed by atoms with Crippen molar-refractivity contribution in [3.8, 4) is 0 Å². The number of nitrogens with two attached hydrogens (primary N) is 1. The highest BCUT2D eigenvalue weighted by Crippen LogP contribution is 2.26. The molecule has 1 aromatic rings. The Kier molecular flexibility index (Phi) is 5.34. The second kappa shape index (κ2) is 7.01. The Morgan fingerprint density at radius 3 is 3.16 bits per heavy atom. The minimum Gasteiger partial charge on any atom is -0.348 e. The Hall–Kier alpha value is -0.940. The number of hydrogen-bond donors (Lipinski definition) is 2. The summed E-state index contributed by atoms with van der Waals surface area (Å²) in [6.45, 7) is 2.81. The predicted octanol–water partition coefficient (Wildman–Crippen LogP) is 2.34. The van der Waals surface area contributed by atoms with Crippen LogP contribution in [0.4, 0.5) is 0 Å². The molecular weight excluding hydrogens is 258 g/mol. The molecule has 2 atom stereocenters. The molecule has 0 bridgehead atoms. The van der Waals surface area contributed by atoms with Gasteiger partial charge in [0.25, 0.3) is 5.91 Å². The van der Waals surface area contributed by atoms with Gasteiger partial charge >= 0.3 is 0 Å². The highest BCUT2D eigenvalue weighted by atomic mass is 32.1. The first-order valence-electron chi connectivity index (χ1n) is 7.18. The molecule has 3 N–H and O–H groups in total. The van der Waals surface area contributed by atoms with E-state index in [0.29, 0.717) is 18.3 Å². The molecule has 0 saturated heterocycles. The van der Waals surface area contributed by atoms with Gasteiger partial charge in [-0.3, -0.25) is 4.79 Å². The number of carbonyl (C=O) groups excluding carboxylic acids is 1. The number of thiazole rings is 1. The molecule has 2 rings (SSSR count). The Morgan fingerprint density at radius 2 is 2.42 bits per heavy atom. The van der Waals surface area contributed by atoms with Gasteiger partial charge in [-0.25, -0.2) is 4.98 Å². The number of nitrogens with zero attached hydrogens (tertiary/aromatic N) is 1. The fraction of sp³-hybridized carbons (Fsp3) is 0.714. The predicted molar refractivity (Wildman–Crippen MR) is 78.4 cm³/mol. The number of hydrogen-bond acceptors (Lipinski definition) is 4. The molecule has 19 heavy (non-hydrogen) atoms. The van der Waals surface area contributed by atoms with E-state index in [1.807, 2.05) is 5.38 Å². The summed E-state index contributed by atoms with van der Waals surface area (Å²) in [6, 6.07) is 0.325. The summed E-state index contributed by atoms with van der Waals surface area (Å²) in [5, 5.41) is 5.91. The van der Waals surface area contributed by atoms with Gasteiger partial charge in [0.15, 0.2) is 0 Å². The zero-order chi connectivity index (χ0) is 13.7. The Labute approximate surface area is 118 Å². The van der Waals surface area contributed by atoms with Crippen LogP contribution in [-0.4, -0.2) is 23.5 Å². The van der Waals surface area contributed by atoms with Crippen molar-refractivity contribution in [1.29, 1.82) is 0 Å². The number of carbonyl (C=O) groups is 1. The summed E-state index contributed by atoms with van der Waals surface area (Å²) in [7, 11) is 0. The molecule has 5 heteroatoms. The van der Waals surface area contributed by atoms with Crippen LogP contribution in [0.2, 0.25) is 0 Å². The van der Waals surface area contributed by atoms with Crippen LogP contribution in [0.1, 0.15) is 54.5 Å². The Bertz CT molecular complexity index is 419. The summed E-state index contributed by atoms with van der Waals surface area (Å²) in [5.74, 6) is 0.739. The molecular formula is C14H23N3OS. The molecule has 2 unspecified atom stereocenters. The van der Waals surface area contributed by atoms with E-state index in [9.17, 15) is 4.79 Å². The van der Waals surface area contributed by atoms with Gasteiger partial charge in [0, 0.05) is 17.8 Å². The van der Waals surface area contributed by atoms with Crippen LogP contribution in [0.25, 0.3) is 0 Å². The molecule has 1 fully saturated rings. The maximum Gasteiger partial charge on any atom is 0.270 e. The maximum atomic E-state index is 12.1. The lowest BCUT2D eigenvalue weighted by atomic mass is 9.84. The summed E-state index contributed by atoms with van der Waals surface area (Å²) >= 11 is 1.52. The van der Waals surface area contributed by atoms with Gasteiger partial charge in [-0.05, 0) is 25.3 Å². The van der Waals surface area contributed by atoms with Crippen molar-refractivity contribution in [2.75, 3.05) is 6.54 Å². The zero-order valence-corrected chi connectivity index (χ0v) is 12.3. The van der Waals surface area contributed by atoms with Crippen LogP contribution >= 0.6 is 11.3 Å². The van der Waals surface area contributed by atoms with E-state index in [1.54, 1.807) is 0 Å². The largest absolute Gasteiger partial charge is 0.348 e. The zero-order valence-electron chi connectivity index (χ0n) is 11.5. The van der Waals surface area contributed by atoms with Gasteiger partial charge in [0.1, 0.15) is 5.69 Å². The minimum atomic E-state index is -0.0266. The van der Waals surface area contributed by atoms with Crippen molar-refractivity contribution in [1.82, 2.24) is 10.3 Å². The van der Waals surface area contributed by atoms with Crippen LogP contribution in [0.3, 0.4) is 0 Å². The second-order valence-corrected chi connectivity index (χ2v) is 6.22. The third-order valence-electron chi connectivity index (χ3n) is 3.84. The lowest BCUT2D eigenvalue weighted by molar-refractivity contribution is 0.0914. The third kappa shape index (κ3) is 4.01. The van der Waals surface area contributed by atoms with Gasteiger partial charge in [0.05, 0.1) is 5.01 Å². The van der Waals surface area contributed by atoms with E-state index in [0.717, 1.165) is 30.2 Å². The molecule has 0 aromatic carbocycles. The molecule has 1 heterocycles. The first kappa shape index (κ1) is 14.5. The van der Waals surface area contributed by atoms with E-state index < -0.39 is 0 Å². The highest BCUT2D eigenvalue weighted by Gasteiger charge is 2.23. The molecule has 1 aliphatic rings. The van der Waals surface area contributed by atoms with E-state index >= 15 is 0 Å². The fourth-order valence-corrected chi connectivity index (χ4v) is 3.50. The van der Waals surface area contributed by atoms with E-state index in [1.165, 1.54) is 30.6 Å². The highest BCUT2D eigenvalue weighted by molar-refractivity contribution is 7.09. The quantitative estimate of drug-likeness (QED) is 0.870. The molecule has 1 aromatic heterocycles. The second-order valence-electron chi connectivity index (χ2n) is 5.28. The van der Waals surface area contributed by atoms with Gasteiger partial charge in [-0.1, -0.05) is 26.2 Å². The molecule has 4 nitrogen and oxygen atoms in total. The lowest BCUT2D eigenvalue weighted by Crippen LogP contribution is -2.38. The fourth-order valence-electron chi connectivity index (χ4n) is 2.71. The number of aromatic nitrogens is 1. The molecule has 106 valence electrons. The summed E-state index contributed by atoms with van der Waals surface area (Å²) in [4.78, 5) is 16.5. The lowest BCUT2D eigenvalue weighted by Gasteiger charge is -2.28. The minimum absolute atomic E-state index is 0.0266. The van der Waals surface area contributed by atoms with Crippen molar-refractivity contribution in [3.63, 3.8) is 0 Å². The van der Waals surface area contributed by atoms with Crippen molar-refractivity contribution in [2.45, 2.75) is 51.5 Å². The number of amides is 1. The number of rotatable bonds is 5. The first-order chi connectivity index (χ1) is 9.22. The molecule has 1 saturated carbocycles. The maximum absolute atomic E-state index is 12.1. The van der Waals surface area contributed by atoms with E-state index in [-0.39, 0.29) is 5.91 Å². The average Bonchev–Trinajstić information content (AvgIpc) is 2.88. The SMILES string of the molecule is CCC1CCCC(NC(=O)c2csc(CCN)n2)C1. The summed E-state index contributed by atoms with van der Waals surface area (Å²) in [6.07, 6.45) is 6.70. The van der Waals surface area contributed by atoms with Gasteiger partial charge in [-0.2, -0.15) is 0 Å². The monoisotopic (exact) mass is 281 g/mol. The summed E-state index contributed by atoms with van der Waals surface area (Å²) < 4.78 is 0. The van der Waals surface area contributed by atoms with Gasteiger partial charge < -0.3 is 11.1 Å². The first-order valence-corrected chi connectivity index (χ1v) is 8.06.